The summed E-state index contributed by atoms with van der Waals surface area (Å²) in [7, 11) is 3.70. The lowest BCUT2D eigenvalue weighted by atomic mass is 10.3. The average Bonchev–Trinajstić information content (AvgIpc) is 2.94. The highest BCUT2D eigenvalue weighted by atomic mass is 127. The van der Waals surface area contributed by atoms with Gasteiger partial charge in [0.15, 0.2) is 5.01 Å². The van der Waals surface area contributed by atoms with Crippen molar-refractivity contribution in [2.24, 2.45) is 0 Å². The van der Waals surface area contributed by atoms with Gasteiger partial charge in [0, 0.05) is 44.3 Å². The Labute approximate surface area is 180 Å². The number of aromatic nitrogens is 3. The number of hydrogen-bond acceptors (Lipinski definition) is 6. The summed E-state index contributed by atoms with van der Waals surface area (Å²) in [6, 6.07) is 3.71. The molecule has 2 aromatic heterocycles. The largest absolute Gasteiger partial charge is 0.383 e. The fourth-order valence-corrected chi connectivity index (χ4v) is 1.97. The number of allylic oxidation sites excluding steroid dienone is 1. The molecular formula is C14H15I3N4OS. The molecule has 2 rings (SSSR count). The van der Waals surface area contributed by atoms with Crippen molar-refractivity contribution in [2.45, 2.75) is 6.36 Å². The van der Waals surface area contributed by atoms with E-state index in [1.54, 1.807) is 23.5 Å². The molecule has 0 aliphatic rings. The molecule has 0 saturated heterocycles. The van der Waals surface area contributed by atoms with Crippen LogP contribution in [0.4, 0.5) is 0 Å². The highest BCUT2D eigenvalue weighted by Crippen LogP contribution is 2.33. The van der Waals surface area contributed by atoms with E-state index in [9.17, 15) is 4.79 Å². The zero-order valence-corrected chi connectivity index (χ0v) is 20.0. The number of carbonyl (C=O) groups is 1. The first kappa shape index (κ1) is 21.2. The predicted molar refractivity (Wildman–Crippen MR) is 121 cm³/mol. The van der Waals surface area contributed by atoms with Crippen molar-refractivity contribution >= 4 is 84.9 Å². The molecule has 124 valence electrons. The summed E-state index contributed by atoms with van der Waals surface area (Å²) in [5, 5.41) is 8.97. The van der Waals surface area contributed by atoms with Crippen LogP contribution in [0, 0.1) is 0 Å². The van der Waals surface area contributed by atoms with Gasteiger partial charge < -0.3 is 4.90 Å². The summed E-state index contributed by atoms with van der Waals surface area (Å²) in [6.45, 7) is 2.15. The standard InChI is InChI=1S/C12H12N4OS.C2H3I3/c1-16(2)7-5-10(17)12-15-14-11(18-12)9-4-3-6-13-8-9;1-2(3,4)5/h3-8H,1-2H3;1H3/b7-5+;. The molecule has 0 aliphatic carbocycles. The van der Waals surface area contributed by atoms with Gasteiger partial charge >= 0.3 is 0 Å². The van der Waals surface area contributed by atoms with Crippen LogP contribution in [0.25, 0.3) is 10.6 Å². The first-order valence-electron chi connectivity index (χ1n) is 6.36. The number of hydrogen-bond donors (Lipinski definition) is 0. The Bertz CT molecular complexity index is 648. The van der Waals surface area contributed by atoms with Gasteiger partial charge in [-0.3, -0.25) is 9.78 Å². The molecule has 0 fully saturated rings. The molecule has 0 spiro atoms. The zero-order valence-electron chi connectivity index (χ0n) is 12.7. The lowest BCUT2D eigenvalue weighted by Crippen LogP contribution is -2.02. The fraction of sp³-hybridized carbons (Fsp3) is 0.286. The smallest absolute Gasteiger partial charge is 0.217 e. The van der Waals surface area contributed by atoms with Crippen LogP contribution in [0.2, 0.25) is 0 Å². The molecule has 0 aromatic carbocycles. The van der Waals surface area contributed by atoms with Gasteiger partial charge in [-0.15, -0.1) is 10.2 Å². The molecule has 0 bridgehead atoms. The number of rotatable bonds is 4. The fourth-order valence-electron chi connectivity index (χ4n) is 1.22. The van der Waals surface area contributed by atoms with Crippen molar-refractivity contribution in [3.05, 3.63) is 41.8 Å². The van der Waals surface area contributed by atoms with E-state index >= 15 is 0 Å². The molecule has 9 heteroatoms. The van der Waals surface area contributed by atoms with E-state index in [0.717, 1.165) is 5.56 Å². The highest BCUT2D eigenvalue weighted by molar-refractivity contribution is 14.3. The van der Waals surface area contributed by atoms with Crippen LogP contribution in [0.15, 0.2) is 36.8 Å². The van der Waals surface area contributed by atoms with Crippen molar-refractivity contribution in [2.75, 3.05) is 14.1 Å². The maximum Gasteiger partial charge on any atom is 0.217 e. The molecule has 5 nitrogen and oxygen atoms in total. The Morgan fingerprint density at radius 3 is 2.48 bits per heavy atom. The first-order valence-corrected chi connectivity index (χ1v) is 10.4. The molecule has 0 unspecified atom stereocenters. The SMILES string of the molecule is CC(I)(I)I.CN(C)/C=C/C(=O)c1nnc(-c2cccnc2)s1. The number of nitrogens with zero attached hydrogens (tertiary/aromatic N) is 4. The first-order chi connectivity index (χ1) is 10.7. The lowest BCUT2D eigenvalue weighted by Gasteiger charge is -2.01. The van der Waals surface area contributed by atoms with Gasteiger partial charge in [-0.05, 0) is 19.1 Å². The number of pyridine rings is 1. The number of ketones is 1. The molecule has 23 heavy (non-hydrogen) atoms. The van der Waals surface area contributed by atoms with E-state index in [1.165, 1.54) is 17.4 Å². The second kappa shape index (κ2) is 10.2. The maximum absolute atomic E-state index is 11.8. The Kier molecular flexibility index (Phi) is 9.36. The van der Waals surface area contributed by atoms with Crippen molar-refractivity contribution in [3.63, 3.8) is 0 Å². The van der Waals surface area contributed by atoms with Crippen LogP contribution in [0.3, 0.4) is 0 Å². The monoisotopic (exact) mass is 668 g/mol. The third kappa shape index (κ3) is 9.86. The molecule has 0 aliphatic heterocycles. The lowest BCUT2D eigenvalue weighted by molar-refractivity contribution is 0.104. The van der Waals surface area contributed by atoms with Crippen molar-refractivity contribution in [3.8, 4) is 10.6 Å². The van der Waals surface area contributed by atoms with Crippen LogP contribution in [-0.4, -0.2) is 39.4 Å². The van der Waals surface area contributed by atoms with Crippen molar-refractivity contribution in [1.82, 2.24) is 20.1 Å². The highest BCUT2D eigenvalue weighted by Gasteiger charge is 2.11. The predicted octanol–water partition coefficient (Wildman–Crippen LogP) is 4.82. The van der Waals surface area contributed by atoms with E-state index in [2.05, 4.69) is 89.9 Å². The second-order valence-electron chi connectivity index (χ2n) is 4.58. The topological polar surface area (TPSA) is 59.0 Å². The van der Waals surface area contributed by atoms with Gasteiger partial charge in [0.1, 0.15) is 4.44 Å². The molecule has 0 amide bonds. The third-order valence-corrected chi connectivity index (χ3v) is 3.06. The van der Waals surface area contributed by atoms with Crippen LogP contribution in [0.5, 0.6) is 0 Å². The van der Waals surface area contributed by atoms with Crippen LogP contribution < -0.4 is 0 Å². The van der Waals surface area contributed by atoms with Gasteiger partial charge in [-0.1, -0.05) is 79.1 Å². The summed E-state index contributed by atoms with van der Waals surface area (Å²) < 4.78 is 0.410. The van der Waals surface area contributed by atoms with Gasteiger partial charge in [-0.25, -0.2) is 0 Å². The molecule has 0 saturated carbocycles. The van der Waals surface area contributed by atoms with E-state index in [4.69, 9.17) is 0 Å². The summed E-state index contributed by atoms with van der Waals surface area (Å²) in [5.74, 6) is -0.142. The molecule has 0 N–H and O–H groups in total. The van der Waals surface area contributed by atoms with Crippen molar-refractivity contribution < 1.29 is 4.79 Å². The van der Waals surface area contributed by atoms with Gasteiger partial charge in [0.25, 0.3) is 0 Å². The Morgan fingerprint density at radius 1 is 1.30 bits per heavy atom. The van der Waals surface area contributed by atoms with Gasteiger partial charge in [0.05, 0.1) is 0 Å². The van der Waals surface area contributed by atoms with E-state index < -0.39 is 0 Å². The van der Waals surface area contributed by atoms with E-state index in [-0.39, 0.29) is 5.78 Å². The summed E-state index contributed by atoms with van der Waals surface area (Å²) in [5.41, 5.74) is 0.866. The zero-order chi connectivity index (χ0) is 17.5. The summed E-state index contributed by atoms with van der Waals surface area (Å²) in [6.07, 6.45) is 6.56. The molecule has 2 heterocycles. The minimum Gasteiger partial charge on any atom is -0.383 e. The number of carbonyl (C=O) groups excluding carboxylic acids is 1. The normalized spacial score (nSPS) is 11.0. The van der Waals surface area contributed by atoms with Crippen LogP contribution in [0.1, 0.15) is 16.7 Å². The quantitative estimate of drug-likeness (QED) is 0.203. The van der Waals surface area contributed by atoms with Crippen molar-refractivity contribution in [1.29, 1.82) is 0 Å². The van der Waals surface area contributed by atoms with Gasteiger partial charge in [-0.2, -0.15) is 0 Å². The van der Waals surface area contributed by atoms with Crippen LogP contribution >= 0.6 is 79.1 Å². The Balaban J connectivity index is 0.000000463. The number of alkyl halides is 3. The van der Waals surface area contributed by atoms with Gasteiger partial charge in [0.2, 0.25) is 5.78 Å². The maximum atomic E-state index is 11.8. The second-order valence-corrected chi connectivity index (χ2v) is 18.2. The minimum atomic E-state index is -0.142. The van der Waals surface area contributed by atoms with E-state index in [1.807, 2.05) is 26.2 Å². The third-order valence-electron chi connectivity index (χ3n) is 2.07. The molecular weight excluding hydrogens is 653 g/mol. The molecule has 2 aromatic rings. The average molecular weight is 668 g/mol. The van der Waals surface area contributed by atoms with E-state index in [0.29, 0.717) is 9.45 Å². The number of halogens is 3. The summed E-state index contributed by atoms with van der Waals surface area (Å²) >= 11 is 8.32. The Morgan fingerprint density at radius 2 is 1.96 bits per heavy atom. The molecule has 0 atom stereocenters. The minimum absolute atomic E-state index is 0.142. The molecule has 0 radical (unpaired) electrons. The van der Waals surface area contributed by atoms with Crippen LogP contribution in [-0.2, 0) is 0 Å². The summed E-state index contributed by atoms with van der Waals surface area (Å²) in [4.78, 5) is 17.6. The Hall–Kier alpha value is 0.110.